The van der Waals surface area contributed by atoms with E-state index in [0.717, 1.165) is 25.6 Å². The minimum atomic E-state index is 0.394. The summed E-state index contributed by atoms with van der Waals surface area (Å²) in [5.74, 6) is 1.06. The van der Waals surface area contributed by atoms with E-state index in [-0.39, 0.29) is 0 Å². The third-order valence-electron chi connectivity index (χ3n) is 5.41. The number of rotatable bonds is 4. The predicted octanol–water partition coefficient (Wildman–Crippen LogP) is 3.13. The molecule has 4 nitrogen and oxygen atoms in total. The SMILES string of the molecule is CN=C(NCC(c1ccccc1)N1CCCC1)N1CCC(C)(C)C1. The molecule has 0 radical (unpaired) electrons. The number of aliphatic imine (C=N–C) groups is 1. The van der Waals surface area contributed by atoms with Crippen molar-refractivity contribution in [1.82, 2.24) is 15.1 Å². The maximum Gasteiger partial charge on any atom is 0.193 e. The van der Waals surface area contributed by atoms with Crippen LogP contribution in [0.2, 0.25) is 0 Å². The Bertz CT molecular complexity index is 546. The highest BCUT2D eigenvalue weighted by Gasteiger charge is 2.31. The third kappa shape index (κ3) is 4.10. The van der Waals surface area contributed by atoms with Crippen molar-refractivity contribution < 1.29 is 0 Å². The first-order valence-corrected chi connectivity index (χ1v) is 9.34. The van der Waals surface area contributed by atoms with Crippen molar-refractivity contribution in [3.8, 4) is 0 Å². The van der Waals surface area contributed by atoms with Gasteiger partial charge in [-0.05, 0) is 43.3 Å². The topological polar surface area (TPSA) is 30.9 Å². The fraction of sp³-hybridized carbons (Fsp3) is 0.650. The van der Waals surface area contributed by atoms with Crippen LogP contribution in [0, 0.1) is 5.41 Å². The van der Waals surface area contributed by atoms with Gasteiger partial charge in [0.05, 0.1) is 6.04 Å². The lowest BCUT2D eigenvalue weighted by atomic mass is 9.93. The number of nitrogens with zero attached hydrogens (tertiary/aromatic N) is 3. The van der Waals surface area contributed by atoms with Crippen molar-refractivity contribution in [2.45, 2.75) is 39.2 Å². The van der Waals surface area contributed by atoms with Gasteiger partial charge in [-0.2, -0.15) is 0 Å². The monoisotopic (exact) mass is 328 g/mol. The van der Waals surface area contributed by atoms with Gasteiger partial charge in [0.2, 0.25) is 0 Å². The van der Waals surface area contributed by atoms with Gasteiger partial charge in [-0.3, -0.25) is 9.89 Å². The van der Waals surface area contributed by atoms with Crippen LogP contribution in [0.5, 0.6) is 0 Å². The number of hydrogen-bond acceptors (Lipinski definition) is 2. The van der Waals surface area contributed by atoms with E-state index in [1.165, 1.54) is 37.9 Å². The molecule has 1 N–H and O–H groups in total. The number of hydrogen-bond donors (Lipinski definition) is 1. The average Bonchev–Trinajstić information content (AvgIpc) is 3.22. The number of likely N-dealkylation sites (tertiary alicyclic amines) is 2. The van der Waals surface area contributed by atoms with Gasteiger partial charge in [-0.1, -0.05) is 44.2 Å². The summed E-state index contributed by atoms with van der Waals surface area (Å²) < 4.78 is 0. The van der Waals surface area contributed by atoms with Gasteiger partial charge in [0.15, 0.2) is 5.96 Å². The molecule has 0 aliphatic carbocycles. The van der Waals surface area contributed by atoms with Gasteiger partial charge in [0, 0.05) is 26.7 Å². The zero-order valence-corrected chi connectivity index (χ0v) is 15.5. The molecule has 0 spiro atoms. The summed E-state index contributed by atoms with van der Waals surface area (Å²) in [4.78, 5) is 9.56. The summed E-state index contributed by atoms with van der Waals surface area (Å²) in [6.07, 6.45) is 3.87. The molecule has 3 rings (SSSR count). The van der Waals surface area contributed by atoms with Crippen molar-refractivity contribution in [3.63, 3.8) is 0 Å². The fourth-order valence-corrected chi connectivity index (χ4v) is 4.00. The van der Waals surface area contributed by atoms with Crippen LogP contribution in [0.4, 0.5) is 0 Å². The first-order chi connectivity index (χ1) is 11.6. The molecule has 1 atom stereocenters. The molecule has 2 aliphatic heterocycles. The Kier molecular flexibility index (Phi) is 5.44. The molecule has 2 aliphatic rings. The van der Waals surface area contributed by atoms with Crippen molar-refractivity contribution in [1.29, 1.82) is 0 Å². The molecule has 1 aromatic rings. The van der Waals surface area contributed by atoms with Gasteiger partial charge < -0.3 is 10.2 Å². The molecule has 132 valence electrons. The smallest absolute Gasteiger partial charge is 0.193 e. The van der Waals surface area contributed by atoms with E-state index in [1.807, 2.05) is 7.05 Å². The summed E-state index contributed by atoms with van der Waals surface area (Å²) in [7, 11) is 1.90. The van der Waals surface area contributed by atoms with Crippen LogP contribution in [0.1, 0.15) is 44.7 Å². The minimum absolute atomic E-state index is 0.394. The minimum Gasteiger partial charge on any atom is -0.354 e. The second-order valence-electron chi connectivity index (χ2n) is 7.93. The van der Waals surface area contributed by atoms with Crippen LogP contribution in [0.25, 0.3) is 0 Å². The van der Waals surface area contributed by atoms with Gasteiger partial charge in [0.25, 0.3) is 0 Å². The Morgan fingerprint density at radius 3 is 2.46 bits per heavy atom. The Morgan fingerprint density at radius 1 is 1.17 bits per heavy atom. The second kappa shape index (κ2) is 7.56. The normalized spacial score (nSPS) is 22.8. The fourth-order valence-electron chi connectivity index (χ4n) is 4.00. The predicted molar refractivity (Wildman–Crippen MR) is 101 cm³/mol. The number of guanidine groups is 1. The highest BCUT2D eigenvalue weighted by atomic mass is 15.3. The molecule has 2 saturated heterocycles. The van der Waals surface area contributed by atoms with Gasteiger partial charge >= 0.3 is 0 Å². The van der Waals surface area contributed by atoms with E-state index in [0.29, 0.717) is 11.5 Å². The summed E-state index contributed by atoms with van der Waals surface area (Å²) in [6.45, 7) is 10.2. The second-order valence-corrected chi connectivity index (χ2v) is 7.93. The van der Waals surface area contributed by atoms with Gasteiger partial charge in [-0.15, -0.1) is 0 Å². The lowest BCUT2D eigenvalue weighted by Gasteiger charge is -2.30. The van der Waals surface area contributed by atoms with Crippen LogP contribution >= 0.6 is 0 Å². The molecule has 0 amide bonds. The van der Waals surface area contributed by atoms with Crippen molar-refractivity contribution in [2.75, 3.05) is 39.8 Å². The molecule has 1 unspecified atom stereocenters. The van der Waals surface area contributed by atoms with Gasteiger partial charge in [0.1, 0.15) is 0 Å². The lowest BCUT2D eigenvalue weighted by molar-refractivity contribution is 0.243. The molecule has 0 saturated carbocycles. The number of nitrogens with one attached hydrogen (secondary N) is 1. The van der Waals surface area contributed by atoms with Crippen molar-refractivity contribution in [2.24, 2.45) is 10.4 Å². The highest BCUT2D eigenvalue weighted by molar-refractivity contribution is 5.80. The first-order valence-electron chi connectivity index (χ1n) is 9.34. The lowest BCUT2D eigenvalue weighted by Crippen LogP contribution is -2.44. The molecule has 4 heteroatoms. The summed E-state index contributed by atoms with van der Waals surface area (Å²) in [5, 5.41) is 3.66. The quantitative estimate of drug-likeness (QED) is 0.680. The van der Waals surface area contributed by atoms with Gasteiger partial charge in [-0.25, -0.2) is 0 Å². The molecule has 24 heavy (non-hydrogen) atoms. The zero-order chi connectivity index (χ0) is 17.0. The average molecular weight is 329 g/mol. The maximum absolute atomic E-state index is 4.54. The zero-order valence-electron chi connectivity index (χ0n) is 15.5. The highest BCUT2D eigenvalue weighted by Crippen LogP contribution is 2.29. The van der Waals surface area contributed by atoms with E-state index in [4.69, 9.17) is 0 Å². The van der Waals surface area contributed by atoms with Crippen molar-refractivity contribution in [3.05, 3.63) is 35.9 Å². The largest absolute Gasteiger partial charge is 0.354 e. The first kappa shape index (κ1) is 17.3. The van der Waals surface area contributed by atoms with Crippen molar-refractivity contribution >= 4 is 5.96 Å². The molecule has 0 aromatic heterocycles. The molecular weight excluding hydrogens is 296 g/mol. The third-order valence-corrected chi connectivity index (χ3v) is 5.41. The molecule has 0 bridgehead atoms. The van der Waals surface area contributed by atoms with Crippen LogP contribution in [0.15, 0.2) is 35.3 Å². The van der Waals surface area contributed by atoms with Crippen LogP contribution in [-0.2, 0) is 0 Å². The summed E-state index contributed by atoms with van der Waals surface area (Å²) >= 11 is 0. The molecule has 2 heterocycles. The standard InChI is InChI=1S/C20H32N4/c1-20(2)11-14-24(16-20)19(21-3)22-15-18(23-12-7-8-13-23)17-9-5-4-6-10-17/h4-6,9-10,18H,7-8,11-16H2,1-3H3,(H,21,22). The molecular formula is C20H32N4. The van der Waals surface area contributed by atoms with E-state index in [2.05, 4.69) is 64.3 Å². The van der Waals surface area contributed by atoms with Crippen LogP contribution in [-0.4, -0.2) is 55.5 Å². The maximum atomic E-state index is 4.54. The van der Waals surface area contributed by atoms with Crippen LogP contribution < -0.4 is 5.32 Å². The Labute approximate surface area is 146 Å². The number of benzene rings is 1. The van der Waals surface area contributed by atoms with E-state index >= 15 is 0 Å². The van der Waals surface area contributed by atoms with Crippen LogP contribution in [0.3, 0.4) is 0 Å². The van der Waals surface area contributed by atoms with E-state index in [9.17, 15) is 0 Å². The molecule has 1 aromatic carbocycles. The Balaban J connectivity index is 1.66. The Morgan fingerprint density at radius 2 is 1.88 bits per heavy atom. The Hall–Kier alpha value is -1.55. The van der Waals surface area contributed by atoms with E-state index in [1.54, 1.807) is 0 Å². The summed E-state index contributed by atoms with van der Waals surface area (Å²) in [5.41, 5.74) is 1.80. The molecule has 2 fully saturated rings. The summed E-state index contributed by atoms with van der Waals surface area (Å²) in [6, 6.07) is 11.3. The van der Waals surface area contributed by atoms with E-state index < -0.39 is 0 Å².